The highest BCUT2D eigenvalue weighted by atomic mass is 16.5. The van der Waals surface area contributed by atoms with E-state index in [1.165, 1.54) is 5.56 Å². The summed E-state index contributed by atoms with van der Waals surface area (Å²) in [6.45, 7) is 3.94. The fourth-order valence-corrected chi connectivity index (χ4v) is 2.89. The molecular weight excluding hydrogens is 238 g/mol. The monoisotopic (exact) mass is 263 g/mol. The lowest BCUT2D eigenvalue weighted by Gasteiger charge is -2.32. The highest BCUT2D eigenvalue weighted by Gasteiger charge is 2.25. The van der Waals surface area contributed by atoms with Crippen molar-refractivity contribution in [3.63, 3.8) is 0 Å². The Hall–Kier alpha value is -1.06. The molecule has 1 aliphatic heterocycles. The molecule has 3 heteroatoms. The SMILES string of the molecule is COc1ccc(CC(C)(N)CC2CCOCC2)cc1. The molecule has 1 aliphatic rings. The molecule has 1 aromatic rings. The highest BCUT2D eigenvalue weighted by Crippen LogP contribution is 2.26. The number of nitrogens with two attached hydrogens (primary N) is 1. The van der Waals surface area contributed by atoms with Crippen molar-refractivity contribution < 1.29 is 9.47 Å². The quantitative estimate of drug-likeness (QED) is 0.888. The van der Waals surface area contributed by atoms with Crippen molar-refractivity contribution in [1.82, 2.24) is 0 Å². The zero-order valence-corrected chi connectivity index (χ0v) is 12.0. The first-order valence-electron chi connectivity index (χ1n) is 7.09. The number of hydrogen-bond donors (Lipinski definition) is 1. The molecule has 0 amide bonds. The average molecular weight is 263 g/mol. The van der Waals surface area contributed by atoms with Gasteiger partial charge in [-0.25, -0.2) is 0 Å². The lowest BCUT2D eigenvalue weighted by atomic mass is 9.82. The van der Waals surface area contributed by atoms with Crippen LogP contribution in [0.2, 0.25) is 0 Å². The summed E-state index contributed by atoms with van der Waals surface area (Å²) in [4.78, 5) is 0. The summed E-state index contributed by atoms with van der Waals surface area (Å²) in [5.41, 5.74) is 7.61. The van der Waals surface area contributed by atoms with Crippen LogP contribution >= 0.6 is 0 Å². The minimum absolute atomic E-state index is 0.142. The molecular formula is C16H25NO2. The van der Waals surface area contributed by atoms with Gasteiger partial charge in [0, 0.05) is 18.8 Å². The largest absolute Gasteiger partial charge is 0.497 e. The molecule has 1 atom stereocenters. The van der Waals surface area contributed by atoms with E-state index in [4.69, 9.17) is 15.2 Å². The zero-order chi connectivity index (χ0) is 13.7. The first-order valence-corrected chi connectivity index (χ1v) is 7.09. The third kappa shape index (κ3) is 4.51. The second kappa shape index (κ2) is 6.40. The number of ether oxygens (including phenoxy) is 2. The van der Waals surface area contributed by atoms with Crippen molar-refractivity contribution >= 4 is 0 Å². The minimum atomic E-state index is -0.142. The van der Waals surface area contributed by atoms with Crippen LogP contribution in [-0.2, 0) is 11.2 Å². The second-order valence-electron chi connectivity index (χ2n) is 5.94. The predicted octanol–water partition coefficient (Wildman–Crippen LogP) is 2.77. The Morgan fingerprint density at radius 1 is 1.26 bits per heavy atom. The Bertz CT molecular complexity index is 380. The van der Waals surface area contributed by atoms with Crippen LogP contribution in [0.25, 0.3) is 0 Å². The molecule has 3 nitrogen and oxygen atoms in total. The fourth-order valence-electron chi connectivity index (χ4n) is 2.89. The van der Waals surface area contributed by atoms with Crippen LogP contribution in [0.15, 0.2) is 24.3 Å². The third-order valence-corrected chi connectivity index (χ3v) is 3.86. The van der Waals surface area contributed by atoms with E-state index in [2.05, 4.69) is 19.1 Å². The summed E-state index contributed by atoms with van der Waals surface area (Å²) >= 11 is 0. The van der Waals surface area contributed by atoms with Gasteiger partial charge in [0.1, 0.15) is 5.75 Å². The molecule has 1 saturated heterocycles. The molecule has 2 rings (SSSR count). The molecule has 106 valence electrons. The van der Waals surface area contributed by atoms with E-state index in [-0.39, 0.29) is 5.54 Å². The van der Waals surface area contributed by atoms with E-state index in [9.17, 15) is 0 Å². The molecule has 0 saturated carbocycles. The number of methoxy groups -OCH3 is 1. The van der Waals surface area contributed by atoms with Gasteiger partial charge < -0.3 is 15.2 Å². The van der Waals surface area contributed by atoms with Gasteiger partial charge in [0.15, 0.2) is 0 Å². The maximum absolute atomic E-state index is 6.48. The molecule has 0 spiro atoms. The van der Waals surface area contributed by atoms with Crippen LogP contribution in [0.5, 0.6) is 5.75 Å². The van der Waals surface area contributed by atoms with Gasteiger partial charge in [-0.1, -0.05) is 12.1 Å². The van der Waals surface area contributed by atoms with Crippen molar-refractivity contribution in [1.29, 1.82) is 0 Å². The van der Waals surface area contributed by atoms with E-state index >= 15 is 0 Å². The Labute approximate surface area is 116 Å². The topological polar surface area (TPSA) is 44.5 Å². The predicted molar refractivity (Wildman–Crippen MR) is 77.5 cm³/mol. The van der Waals surface area contributed by atoms with Crippen molar-refractivity contribution in [3.05, 3.63) is 29.8 Å². The average Bonchev–Trinajstić information content (AvgIpc) is 2.39. The van der Waals surface area contributed by atoms with Gasteiger partial charge in [0.2, 0.25) is 0 Å². The molecule has 1 heterocycles. The van der Waals surface area contributed by atoms with Gasteiger partial charge >= 0.3 is 0 Å². The van der Waals surface area contributed by atoms with Crippen LogP contribution in [0.3, 0.4) is 0 Å². The summed E-state index contributed by atoms with van der Waals surface area (Å²) in [5, 5.41) is 0. The maximum Gasteiger partial charge on any atom is 0.118 e. The zero-order valence-electron chi connectivity index (χ0n) is 12.0. The van der Waals surface area contributed by atoms with Crippen LogP contribution in [0, 0.1) is 5.92 Å². The third-order valence-electron chi connectivity index (χ3n) is 3.86. The summed E-state index contributed by atoms with van der Waals surface area (Å²) < 4.78 is 10.6. The molecule has 0 radical (unpaired) electrons. The van der Waals surface area contributed by atoms with Gasteiger partial charge in [-0.15, -0.1) is 0 Å². The molecule has 19 heavy (non-hydrogen) atoms. The minimum Gasteiger partial charge on any atom is -0.497 e. The first kappa shape index (κ1) is 14.4. The standard InChI is InChI=1S/C16H25NO2/c1-16(17,12-14-7-9-19-10-8-14)11-13-3-5-15(18-2)6-4-13/h3-6,14H,7-12,17H2,1-2H3. The van der Waals surface area contributed by atoms with Crippen LogP contribution in [0.1, 0.15) is 31.7 Å². The Kier molecular flexibility index (Phi) is 4.83. The number of rotatable bonds is 5. The van der Waals surface area contributed by atoms with Crippen molar-refractivity contribution in [3.8, 4) is 5.75 Å². The smallest absolute Gasteiger partial charge is 0.118 e. The number of hydrogen-bond acceptors (Lipinski definition) is 3. The molecule has 0 aromatic heterocycles. The van der Waals surface area contributed by atoms with Crippen LogP contribution in [0.4, 0.5) is 0 Å². The van der Waals surface area contributed by atoms with E-state index in [1.54, 1.807) is 7.11 Å². The van der Waals surface area contributed by atoms with Crippen molar-refractivity contribution in [2.75, 3.05) is 20.3 Å². The highest BCUT2D eigenvalue weighted by molar-refractivity contribution is 5.28. The maximum atomic E-state index is 6.48. The van der Waals surface area contributed by atoms with Crippen LogP contribution < -0.4 is 10.5 Å². The first-order chi connectivity index (χ1) is 9.09. The summed E-state index contributed by atoms with van der Waals surface area (Å²) in [7, 11) is 1.69. The van der Waals surface area contributed by atoms with Crippen molar-refractivity contribution in [2.45, 2.75) is 38.1 Å². The normalized spacial score (nSPS) is 19.9. The molecule has 1 aromatic carbocycles. The lowest BCUT2D eigenvalue weighted by molar-refractivity contribution is 0.0572. The van der Waals surface area contributed by atoms with Crippen molar-refractivity contribution in [2.24, 2.45) is 11.7 Å². The molecule has 0 bridgehead atoms. The van der Waals surface area contributed by atoms with E-state index in [0.29, 0.717) is 5.92 Å². The van der Waals surface area contributed by atoms with Gasteiger partial charge in [-0.3, -0.25) is 0 Å². The van der Waals surface area contributed by atoms with E-state index in [0.717, 1.165) is 44.6 Å². The fraction of sp³-hybridized carbons (Fsp3) is 0.625. The summed E-state index contributed by atoms with van der Waals surface area (Å²) in [5.74, 6) is 1.61. The Morgan fingerprint density at radius 3 is 2.47 bits per heavy atom. The number of benzene rings is 1. The second-order valence-corrected chi connectivity index (χ2v) is 5.94. The van der Waals surface area contributed by atoms with E-state index < -0.39 is 0 Å². The van der Waals surface area contributed by atoms with Gasteiger partial charge in [-0.05, 0) is 56.2 Å². The molecule has 2 N–H and O–H groups in total. The lowest BCUT2D eigenvalue weighted by Crippen LogP contribution is -2.41. The molecule has 1 fully saturated rings. The Balaban J connectivity index is 1.91. The van der Waals surface area contributed by atoms with Gasteiger partial charge in [0.25, 0.3) is 0 Å². The summed E-state index contributed by atoms with van der Waals surface area (Å²) in [6, 6.07) is 8.21. The van der Waals surface area contributed by atoms with Gasteiger partial charge in [-0.2, -0.15) is 0 Å². The van der Waals surface area contributed by atoms with Crippen LogP contribution in [-0.4, -0.2) is 25.9 Å². The molecule has 0 aliphatic carbocycles. The summed E-state index contributed by atoms with van der Waals surface area (Å²) in [6.07, 6.45) is 4.28. The van der Waals surface area contributed by atoms with Gasteiger partial charge in [0.05, 0.1) is 7.11 Å². The Morgan fingerprint density at radius 2 is 1.89 bits per heavy atom. The van der Waals surface area contributed by atoms with E-state index in [1.807, 2.05) is 12.1 Å². The molecule has 1 unspecified atom stereocenters.